The molecule has 0 saturated heterocycles. The van der Waals surface area contributed by atoms with Crippen molar-refractivity contribution in [1.29, 1.82) is 0 Å². The highest BCUT2D eigenvalue weighted by molar-refractivity contribution is 5.94. The van der Waals surface area contributed by atoms with Gasteiger partial charge in [-0.1, -0.05) is 0 Å². The van der Waals surface area contributed by atoms with Gasteiger partial charge in [0.1, 0.15) is 11.3 Å². The molecule has 1 N–H and O–H groups in total. The van der Waals surface area contributed by atoms with Gasteiger partial charge in [-0.3, -0.25) is 4.79 Å². The Labute approximate surface area is 135 Å². The van der Waals surface area contributed by atoms with Gasteiger partial charge in [0, 0.05) is 31.7 Å². The predicted octanol–water partition coefficient (Wildman–Crippen LogP) is 2.19. The third-order valence-corrected chi connectivity index (χ3v) is 5.77. The normalized spacial score (nSPS) is 29.9. The molecule has 23 heavy (non-hydrogen) atoms. The number of pyridine rings is 1. The Morgan fingerprint density at radius 1 is 1.22 bits per heavy atom. The fraction of sp³-hybridized carbons (Fsp3) is 0.556. The minimum atomic E-state index is -0.131. The maximum atomic E-state index is 12.8. The molecule has 4 rings (SSSR count). The lowest BCUT2D eigenvalue weighted by Gasteiger charge is -2.25. The first kappa shape index (κ1) is 14.7. The number of fused-ring (bicyclic) bond motifs is 2. The van der Waals surface area contributed by atoms with Crippen molar-refractivity contribution in [3.05, 3.63) is 30.1 Å². The second kappa shape index (κ2) is 5.34. The van der Waals surface area contributed by atoms with Crippen molar-refractivity contribution >= 4 is 16.9 Å². The van der Waals surface area contributed by atoms with E-state index in [4.69, 9.17) is 0 Å². The molecular formula is C18H23N3O2. The lowest BCUT2D eigenvalue weighted by molar-refractivity contribution is 0.0716. The molecule has 0 aromatic carbocycles. The number of aryl methyl sites for hydroxylation is 1. The van der Waals surface area contributed by atoms with E-state index in [1.807, 2.05) is 48.0 Å². The number of aliphatic hydroxyl groups excluding tert-OH is 1. The molecule has 0 bridgehead atoms. The zero-order valence-corrected chi connectivity index (χ0v) is 13.6. The van der Waals surface area contributed by atoms with E-state index in [1.165, 1.54) is 0 Å². The molecule has 2 unspecified atom stereocenters. The zero-order chi connectivity index (χ0) is 16.1. The summed E-state index contributed by atoms with van der Waals surface area (Å²) in [6.45, 7) is 0. The van der Waals surface area contributed by atoms with E-state index in [1.54, 1.807) is 0 Å². The van der Waals surface area contributed by atoms with E-state index in [0.717, 1.165) is 36.7 Å². The SMILES string of the molecule is CN(C(=O)c1ccc2ccn(C)c2n1)C1C[C@H]2CC(O)C[C@H]2C1. The Morgan fingerprint density at radius 2 is 1.91 bits per heavy atom. The van der Waals surface area contributed by atoms with Crippen LogP contribution in [0, 0.1) is 11.8 Å². The Balaban J connectivity index is 1.52. The number of carbonyl (C=O) groups is 1. The molecule has 2 heterocycles. The first-order valence-electron chi connectivity index (χ1n) is 8.40. The predicted molar refractivity (Wildman–Crippen MR) is 88.1 cm³/mol. The molecule has 122 valence electrons. The van der Waals surface area contributed by atoms with Crippen LogP contribution in [0.3, 0.4) is 0 Å². The molecule has 5 nitrogen and oxygen atoms in total. The van der Waals surface area contributed by atoms with Crippen molar-refractivity contribution < 1.29 is 9.90 Å². The van der Waals surface area contributed by atoms with E-state index in [-0.39, 0.29) is 18.1 Å². The number of aliphatic hydroxyl groups is 1. The topological polar surface area (TPSA) is 58.4 Å². The quantitative estimate of drug-likeness (QED) is 0.924. The smallest absolute Gasteiger partial charge is 0.272 e. The molecule has 2 aromatic rings. The van der Waals surface area contributed by atoms with Crippen molar-refractivity contribution in [2.75, 3.05) is 7.05 Å². The third-order valence-electron chi connectivity index (χ3n) is 5.77. The van der Waals surface area contributed by atoms with Crippen LogP contribution in [0.15, 0.2) is 24.4 Å². The summed E-state index contributed by atoms with van der Waals surface area (Å²) in [7, 11) is 3.83. The molecule has 1 amide bonds. The van der Waals surface area contributed by atoms with Gasteiger partial charge in [0.2, 0.25) is 0 Å². The number of aromatic nitrogens is 2. The first-order chi connectivity index (χ1) is 11.0. The molecule has 2 fully saturated rings. The number of nitrogens with zero attached hydrogens (tertiary/aromatic N) is 3. The minimum Gasteiger partial charge on any atom is -0.393 e. The van der Waals surface area contributed by atoms with Crippen LogP contribution in [0.1, 0.15) is 36.2 Å². The summed E-state index contributed by atoms with van der Waals surface area (Å²) in [6, 6.07) is 6.06. The highest BCUT2D eigenvalue weighted by Gasteiger charge is 2.43. The van der Waals surface area contributed by atoms with Gasteiger partial charge < -0.3 is 14.6 Å². The maximum absolute atomic E-state index is 12.8. The van der Waals surface area contributed by atoms with Crippen molar-refractivity contribution in [3.63, 3.8) is 0 Å². The van der Waals surface area contributed by atoms with Gasteiger partial charge in [0.05, 0.1) is 6.10 Å². The second-order valence-corrected chi connectivity index (χ2v) is 7.22. The Hall–Kier alpha value is -1.88. The van der Waals surface area contributed by atoms with Crippen molar-refractivity contribution in [2.24, 2.45) is 18.9 Å². The Kier molecular flexibility index (Phi) is 3.41. The number of rotatable bonds is 2. The monoisotopic (exact) mass is 313 g/mol. The van der Waals surface area contributed by atoms with E-state index in [9.17, 15) is 9.90 Å². The van der Waals surface area contributed by atoms with Crippen molar-refractivity contribution in [1.82, 2.24) is 14.5 Å². The summed E-state index contributed by atoms with van der Waals surface area (Å²) in [6.07, 6.45) is 5.65. The minimum absolute atomic E-state index is 0.00128. The molecule has 2 aliphatic rings. The summed E-state index contributed by atoms with van der Waals surface area (Å²) < 4.78 is 1.94. The van der Waals surface area contributed by atoms with Gasteiger partial charge in [-0.2, -0.15) is 0 Å². The molecule has 5 heteroatoms. The highest BCUT2D eigenvalue weighted by Crippen LogP contribution is 2.45. The van der Waals surface area contributed by atoms with Gasteiger partial charge in [0.25, 0.3) is 5.91 Å². The average Bonchev–Trinajstić information content (AvgIpc) is 3.19. The van der Waals surface area contributed by atoms with E-state index < -0.39 is 0 Å². The molecule has 2 aromatic heterocycles. The molecule has 4 atom stereocenters. The third kappa shape index (κ3) is 2.43. The standard InChI is InChI=1S/C18H23N3O2/c1-20-6-5-11-3-4-16(19-17(11)20)18(23)21(2)14-7-12-9-15(22)10-13(12)8-14/h3-6,12-15,22H,7-10H2,1-2H3/t12-,13+,14?,15?. The van der Waals surface area contributed by atoms with Crippen LogP contribution in [0.25, 0.3) is 11.0 Å². The second-order valence-electron chi connectivity index (χ2n) is 7.22. The van der Waals surface area contributed by atoms with Crippen LogP contribution in [0.2, 0.25) is 0 Å². The Morgan fingerprint density at radius 3 is 2.61 bits per heavy atom. The zero-order valence-electron chi connectivity index (χ0n) is 13.6. The molecular weight excluding hydrogens is 290 g/mol. The highest BCUT2D eigenvalue weighted by atomic mass is 16.3. The van der Waals surface area contributed by atoms with E-state index >= 15 is 0 Å². The molecule has 2 saturated carbocycles. The van der Waals surface area contributed by atoms with Gasteiger partial charge >= 0.3 is 0 Å². The largest absolute Gasteiger partial charge is 0.393 e. The average molecular weight is 313 g/mol. The summed E-state index contributed by atoms with van der Waals surface area (Å²) in [5, 5.41) is 10.8. The van der Waals surface area contributed by atoms with E-state index in [0.29, 0.717) is 17.5 Å². The Bertz CT molecular complexity index is 740. The summed E-state index contributed by atoms with van der Waals surface area (Å²) >= 11 is 0. The fourth-order valence-electron chi connectivity index (χ4n) is 4.47. The first-order valence-corrected chi connectivity index (χ1v) is 8.40. The van der Waals surface area contributed by atoms with Gasteiger partial charge in [0.15, 0.2) is 0 Å². The van der Waals surface area contributed by atoms with Crippen LogP contribution in [-0.2, 0) is 7.05 Å². The lowest BCUT2D eigenvalue weighted by Crippen LogP contribution is -2.36. The van der Waals surface area contributed by atoms with Gasteiger partial charge in [-0.05, 0) is 55.7 Å². The van der Waals surface area contributed by atoms with E-state index in [2.05, 4.69) is 4.98 Å². The number of hydrogen-bond acceptors (Lipinski definition) is 3. The van der Waals surface area contributed by atoms with Crippen molar-refractivity contribution in [2.45, 2.75) is 37.8 Å². The fourth-order valence-corrected chi connectivity index (χ4v) is 4.47. The van der Waals surface area contributed by atoms with Gasteiger partial charge in [-0.15, -0.1) is 0 Å². The van der Waals surface area contributed by atoms with Crippen LogP contribution in [-0.4, -0.2) is 44.7 Å². The number of hydrogen-bond donors (Lipinski definition) is 1. The maximum Gasteiger partial charge on any atom is 0.272 e. The summed E-state index contributed by atoms with van der Waals surface area (Å²) in [5.41, 5.74) is 1.36. The van der Waals surface area contributed by atoms with Crippen LogP contribution in [0.5, 0.6) is 0 Å². The van der Waals surface area contributed by atoms with Crippen LogP contribution < -0.4 is 0 Å². The number of amides is 1. The van der Waals surface area contributed by atoms with Crippen LogP contribution >= 0.6 is 0 Å². The van der Waals surface area contributed by atoms with Crippen LogP contribution in [0.4, 0.5) is 0 Å². The van der Waals surface area contributed by atoms with Crippen molar-refractivity contribution in [3.8, 4) is 0 Å². The lowest BCUT2D eigenvalue weighted by atomic mass is 10.0. The summed E-state index contributed by atoms with van der Waals surface area (Å²) in [5.74, 6) is 1.15. The number of carbonyl (C=O) groups excluding carboxylic acids is 1. The summed E-state index contributed by atoms with van der Waals surface area (Å²) in [4.78, 5) is 19.2. The molecule has 0 radical (unpaired) electrons. The molecule has 0 spiro atoms. The molecule has 0 aliphatic heterocycles. The van der Waals surface area contributed by atoms with Gasteiger partial charge in [-0.25, -0.2) is 4.98 Å². The molecule has 2 aliphatic carbocycles.